The third kappa shape index (κ3) is 3.31. The van der Waals surface area contributed by atoms with Gasteiger partial charge in [0.2, 0.25) is 0 Å². The van der Waals surface area contributed by atoms with Crippen molar-refractivity contribution in [2.75, 3.05) is 25.2 Å². The number of para-hydroxylation sites is 1. The molecule has 0 aromatic heterocycles. The van der Waals surface area contributed by atoms with E-state index >= 15 is 0 Å². The maximum atomic E-state index is 12.4. The molecule has 0 bridgehead atoms. The van der Waals surface area contributed by atoms with Crippen LogP contribution in [0.4, 0.5) is 5.69 Å². The number of hydrogen-bond acceptors (Lipinski definition) is 4. The average Bonchev–Trinajstić information content (AvgIpc) is 3.04. The maximum Gasteiger partial charge on any atom is 0.339 e. The number of benzene rings is 2. The lowest BCUT2D eigenvalue weighted by Gasteiger charge is -2.17. The fourth-order valence-corrected chi connectivity index (χ4v) is 2.88. The summed E-state index contributed by atoms with van der Waals surface area (Å²) in [4.78, 5) is 26.3. The van der Waals surface area contributed by atoms with Crippen LogP contribution >= 0.6 is 0 Å². The molecule has 124 valence electrons. The van der Waals surface area contributed by atoms with Gasteiger partial charge in [0.05, 0.1) is 12.2 Å². The molecule has 0 fully saturated rings. The Balaban J connectivity index is 1.64. The summed E-state index contributed by atoms with van der Waals surface area (Å²) in [6, 6.07) is 14.8. The molecular formula is C19H19NO4. The van der Waals surface area contributed by atoms with E-state index in [1.165, 1.54) is 0 Å². The number of anilines is 1. The molecule has 3 rings (SSSR count). The van der Waals surface area contributed by atoms with Crippen molar-refractivity contribution in [2.45, 2.75) is 13.0 Å². The van der Waals surface area contributed by atoms with Crippen molar-refractivity contribution in [3.05, 3.63) is 65.2 Å². The average molecular weight is 325 g/mol. The first-order chi connectivity index (χ1) is 11.7. The van der Waals surface area contributed by atoms with Crippen molar-refractivity contribution < 1.29 is 19.1 Å². The molecule has 5 nitrogen and oxygen atoms in total. The normalized spacial score (nSPS) is 12.8. The largest absolute Gasteiger partial charge is 0.452 e. The van der Waals surface area contributed by atoms with Crippen molar-refractivity contribution in [3.8, 4) is 0 Å². The lowest BCUT2D eigenvalue weighted by Crippen LogP contribution is -2.33. The SMILES string of the molecule is COCc1ccccc1C(=O)OCC(=O)N1CCc2ccccc21. The molecule has 24 heavy (non-hydrogen) atoms. The predicted octanol–water partition coefficient (Wildman–Crippen LogP) is 2.58. The molecule has 0 saturated heterocycles. The van der Waals surface area contributed by atoms with Gasteiger partial charge in [0.25, 0.3) is 5.91 Å². The van der Waals surface area contributed by atoms with Gasteiger partial charge in [-0.25, -0.2) is 4.79 Å². The predicted molar refractivity (Wildman–Crippen MR) is 89.9 cm³/mol. The van der Waals surface area contributed by atoms with Crippen LogP contribution in [-0.4, -0.2) is 32.1 Å². The van der Waals surface area contributed by atoms with Crippen LogP contribution in [0.2, 0.25) is 0 Å². The van der Waals surface area contributed by atoms with E-state index in [2.05, 4.69) is 0 Å². The van der Waals surface area contributed by atoms with Crippen molar-refractivity contribution in [1.82, 2.24) is 0 Å². The van der Waals surface area contributed by atoms with Crippen molar-refractivity contribution in [1.29, 1.82) is 0 Å². The molecule has 1 heterocycles. The maximum absolute atomic E-state index is 12.4. The Hall–Kier alpha value is -2.66. The Kier molecular flexibility index (Phi) is 4.91. The van der Waals surface area contributed by atoms with Crippen LogP contribution in [-0.2, 0) is 27.3 Å². The molecule has 1 amide bonds. The topological polar surface area (TPSA) is 55.8 Å². The Morgan fingerprint density at radius 2 is 1.83 bits per heavy atom. The van der Waals surface area contributed by atoms with Gasteiger partial charge in [-0.15, -0.1) is 0 Å². The Labute approximate surface area is 140 Å². The Morgan fingerprint density at radius 3 is 2.67 bits per heavy atom. The summed E-state index contributed by atoms with van der Waals surface area (Å²) in [5, 5.41) is 0. The quantitative estimate of drug-likeness (QED) is 0.793. The van der Waals surface area contributed by atoms with Crippen LogP contribution in [0, 0.1) is 0 Å². The van der Waals surface area contributed by atoms with E-state index < -0.39 is 5.97 Å². The highest BCUT2D eigenvalue weighted by Gasteiger charge is 2.25. The standard InChI is InChI=1S/C19H19NO4/c1-23-12-15-7-2-4-8-16(15)19(22)24-13-18(21)20-11-10-14-6-3-5-9-17(14)20/h2-9H,10-13H2,1H3. The summed E-state index contributed by atoms with van der Waals surface area (Å²) < 4.78 is 10.3. The van der Waals surface area contributed by atoms with Crippen molar-refractivity contribution in [3.63, 3.8) is 0 Å². The third-order valence-electron chi connectivity index (χ3n) is 4.05. The zero-order chi connectivity index (χ0) is 16.9. The van der Waals surface area contributed by atoms with Crippen LogP contribution in [0.5, 0.6) is 0 Å². The molecule has 0 atom stereocenters. The first-order valence-electron chi connectivity index (χ1n) is 7.83. The third-order valence-corrected chi connectivity index (χ3v) is 4.05. The zero-order valence-corrected chi connectivity index (χ0v) is 13.5. The van der Waals surface area contributed by atoms with Crippen LogP contribution < -0.4 is 4.90 Å². The van der Waals surface area contributed by atoms with Crippen LogP contribution in [0.3, 0.4) is 0 Å². The molecule has 1 aliphatic heterocycles. The highest BCUT2D eigenvalue weighted by atomic mass is 16.5. The van der Waals surface area contributed by atoms with E-state index in [4.69, 9.17) is 9.47 Å². The number of rotatable bonds is 5. The van der Waals surface area contributed by atoms with Gasteiger partial charge in [-0.3, -0.25) is 4.79 Å². The fraction of sp³-hybridized carbons (Fsp3) is 0.263. The number of amides is 1. The molecule has 2 aromatic carbocycles. The number of carbonyl (C=O) groups excluding carboxylic acids is 2. The monoisotopic (exact) mass is 325 g/mol. The van der Waals surface area contributed by atoms with Gasteiger partial charge in [-0.2, -0.15) is 0 Å². The minimum Gasteiger partial charge on any atom is -0.452 e. The first kappa shape index (κ1) is 16.2. The molecule has 5 heteroatoms. The van der Waals surface area contributed by atoms with Crippen molar-refractivity contribution >= 4 is 17.6 Å². The molecule has 0 unspecified atom stereocenters. The number of hydrogen-bond donors (Lipinski definition) is 0. The summed E-state index contributed by atoms with van der Waals surface area (Å²) in [7, 11) is 1.57. The first-order valence-corrected chi connectivity index (χ1v) is 7.83. The van der Waals surface area contributed by atoms with Crippen LogP contribution in [0.1, 0.15) is 21.5 Å². The summed E-state index contributed by atoms with van der Waals surface area (Å²) in [5.74, 6) is -0.721. The highest BCUT2D eigenvalue weighted by molar-refractivity contribution is 5.98. The number of carbonyl (C=O) groups is 2. The molecule has 0 aliphatic carbocycles. The Bertz CT molecular complexity index is 757. The number of nitrogens with zero attached hydrogens (tertiary/aromatic N) is 1. The van der Waals surface area contributed by atoms with Gasteiger partial charge in [-0.05, 0) is 29.7 Å². The summed E-state index contributed by atoms with van der Waals surface area (Å²) in [6.45, 7) is 0.670. The van der Waals surface area contributed by atoms with Gasteiger partial charge in [0.15, 0.2) is 6.61 Å². The second-order valence-electron chi connectivity index (χ2n) is 5.59. The van der Waals surface area contributed by atoms with E-state index in [1.807, 2.05) is 30.3 Å². The lowest BCUT2D eigenvalue weighted by atomic mass is 10.1. The van der Waals surface area contributed by atoms with Gasteiger partial charge in [0.1, 0.15) is 0 Å². The van der Waals surface area contributed by atoms with Gasteiger partial charge in [-0.1, -0.05) is 36.4 Å². The van der Waals surface area contributed by atoms with E-state index in [9.17, 15) is 9.59 Å². The van der Waals surface area contributed by atoms with Gasteiger partial charge >= 0.3 is 5.97 Å². The van der Waals surface area contributed by atoms with Gasteiger partial charge < -0.3 is 14.4 Å². The molecule has 0 N–H and O–H groups in total. The fourth-order valence-electron chi connectivity index (χ4n) is 2.88. The molecule has 0 radical (unpaired) electrons. The summed E-state index contributed by atoms with van der Waals surface area (Å²) in [5.41, 5.74) is 3.21. The molecule has 0 spiro atoms. The second kappa shape index (κ2) is 7.27. The molecule has 1 aliphatic rings. The smallest absolute Gasteiger partial charge is 0.339 e. The minimum absolute atomic E-state index is 0.211. The van der Waals surface area contributed by atoms with E-state index in [0.717, 1.165) is 23.2 Å². The number of ether oxygens (including phenoxy) is 2. The number of esters is 1. The second-order valence-corrected chi connectivity index (χ2v) is 5.59. The lowest BCUT2D eigenvalue weighted by molar-refractivity contribution is -0.121. The summed E-state index contributed by atoms with van der Waals surface area (Å²) >= 11 is 0. The van der Waals surface area contributed by atoms with Crippen molar-refractivity contribution in [2.24, 2.45) is 0 Å². The highest BCUT2D eigenvalue weighted by Crippen LogP contribution is 2.27. The van der Waals surface area contributed by atoms with Crippen LogP contribution in [0.15, 0.2) is 48.5 Å². The van der Waals surface area contributed by atoms with E-state index in [0.29, 0.717) is 18.7 Å². The summed E-state index contributed by atoms with van der Waals surface area (Å²) in [6.07, 6.45) is 0.826. The number of fused-ring (bicyclic) bond motifs is 1. The van der Waals surface area contributed by atoms with Crippen LogP contribution in [0.25, 0.3) is 0 Å². The minimum atomic E-state index is -0.511. The molecular weight excluding hydrogens is 306 g/mol. The zero-order valence-electron chi connectivity index (χ0n) is 13.5. The van der Waals surface area contributed by atoms with Gasteiger partial charge in [0, 0.05) is 19.3 Å². The van der Waals surface area contributed by atoms with E-state index in [-0.39, 0.29) is 12.5 Å². The molecule has 2 aromatic rings. The van der Waals surface area contributed by atoms with E-state index in [1.54, 1.807) is 30.2 Å². The molecule has 0 saturated carbocycles. The Morgan fingerprint density at radius 1 is 1.08 bits per heavy atom. The number of methoxy groups -OCH3 is 1.